The summed E-state index contributed by atoms with van der Waals surface area (Å²) in [6.07, 6.45) is 3.68. The molecule has 0 saturated heterocycles. The van der Waals surface area contributed by atoms with Gasteiger partial charge in [-0.25, -0.2) is 9.97 Å². The molecule has 0 aliphatic heterocycles. The van der Waals surface area contributed by atoms with E-state index in [-0.39, 0.29) is 16.6 Å². The number of nitrogens with one attached hydrogen (secondary N) is 2. The van der Waals surface area contributed by atoms with Crippen LogP contribution in [-0.2, 0) is 18.0 Å². The standard InChI is InChI=1S/C23H21ClF3N7O2S/c1-5-28-17(14-8-31-34(4)11-14)6-12(2)20(35)32-13(3)22-30-10-18(37-22)21(36)33-19-7-15(23(25,26)27)16(24)9-29-19/h5-11,13H,1H2,2-4H3,(H,32,35)(H,29,33,36)/b12-6+,28-17+/t13-/m1/s1. The molecule has 0 spiro atoms. The SMILES string of the molecule is C=C/N=C(\C=C(/C)C(=O)N[C@H](C)c1ncc(C(=O)Nc2cc(C(F)(F)F)c(Cl)cn2)s1)c1cnn(C)c1. The Kier molecular flexibility index (Phi) is 8.61. The van der Waals surface area contributed by atoms with Crippen LogP contribution in [-0.4, -0.2) is 37.3 Å². The molecule has 9 nitrogen and oxygen atoms in total. The molecule has 0 radical (unpaired) electrons. The molecule has 0 unspecified atom stereocenters. The Labute approximate surface area is 218 Å². The van der Waals surface area contributed by atoms with Gasteiger partial charge in [0.25, 0.3) is 5.91 Å². The Morgan fingerprint density at radius 1 is 1.27 bits per heavy atom. The highest BCUT2D eigenvalue weighted by atomic mass is 35.5. The van der Waals surface area contributed by atoms with E-state index in [1.54, 1.807) is 44.0 Å². The Bertz CT molecular complexity index is 1390. The summed E-state index contributed by atoms with van der Waals surface area (Å²) in [4.78, 5) is 37.4. The Balaban J connectivity index is 1.68. The quantitative estimate of drug-likeness (QED) is 0.304. The predicted octanol–water partition coefficient (Wildman–Crippen LogP) is 4.95. The summed E-state index contributed by atoms with van der Waals surface area (Å²) in [5.74, 6) is -1.41. The van der Waals surface area contributed by atoms with Gasteiger partial charge in [0.05, 0.1) is 34.7 Å². The molecule has 3 aromatic rings. The van der Waals surface area contributed by atoms with E-state index in [2.05, 4.69) is 37.3 Å². The number of rotatable bonds is 8. The number of pyridine rings is 1. The third kappa shape index (κ3) is 7.11. The molecule has 37 heavy (non-hydrogen) atoms. The number of aryl methyl sites for hydroxylation is 1. The molecule has 0 aliphatic carbocycles. The van der Waals surface area contributed by atoms with Crippen LogP contribution in [0.4, 0.5) is 19.0 Å². The number of thiazole rings is 1. The normalized spacial score (nSPS) is 13.3. The molecule has 2 amide bonds. The van der Waals surface area contributed by atoms with Crippen LogP contribution in [0.3, 0.4) is 0 Å². The predicted molar refractivity (Wildman–Crippen MR) is 135 cm³/mol. The number of nitrogens with zero attached hydrogens (tertiary/aromatic N) is 5. The second kappa shape index (κ2) is 11.5. The zero-order chi connectivity index (χ0) is 27.3. The summed E-state index contributed by atoms with van der Waals surface area (Å²) in [7, 11) is 1.76. The first-order chi connectivity index (χ1) is 17.4. The molecule has 0 saturated carbocycles. The third-order valence-electron chi connectivity index (χ3n) is 4.81. The number of alkyl halides is 3. The van der Waals surface area contributed by atoms with E-state index in [0.29, 0.717) is 27.9 Å². The molecule has 3 aromatic heterocycles. The minimum absolute atomic E-state index is 0.116. The molecule has 2 N–H and O–H groups in total. The highest BCUT2D eigenvalue weighted by molar-refractivity contribution is 7.13. The Morgan fingerprint density at radius 3 is 2.62 bits per heavy atom. The first-order valence-electron chi connectivity index (χ1n) is 10.6. The number of allylic oxidation sites excluding steroid dienone is 1. The van der Waals surface area contributed by atoms with Crippen molar-refractivity contribution in [1.82, 2.24) is 25.1 Å². The summed E-state index contributed by atoms with van der Waals surface area (Å²) in [6, 6.07) is 0.0846. The molecular formula is C23H21ClF3N7O2S. The van der Waals surface area contributed by atoms with Crippen LogP contribution in [0.2, 0.25) is 5.02 Å². The number of aliphatic imine (C=N–C) groups is 1. The maximum atomic E-state index is 13.1. The summed E-state index contributed by atoms with van der Waals surface area (Å²) in [5, 5.41) is 9.01. The first kappa shape index (κ1) is 27.7. The van der Waals surface area contributed by atoms with Gasteiger partial charge in [-0.05, 0) is 26.0 Å². The number of hydrogen-bond acceptors (Lipinski definition) is 7. The molecular weight excluding hydrogens is 531 g/mol. The lowest BCUT2D eigenvalue weighted by Crippen LogP contribution is -2.27. The van der Waals surface area contributed by atoms with E-state index in [9.17, 15) is 22.8 Å². The zero-order valence-electron chi connectivity index (χ0n) is 19.8. The number of anilines is 1. The van der Waals surface area contributed by atoms with E-state index < -0.39 is 28.7 Å². The number of amides is 2. The molecule has 3 rings (SSSR count). The monoisotopic (exact) mass is 551 g/mol. The molecule has 194 valence electrons. The molecule has 3 heterocycles. The van der Waals surface area contributed by atoms with Crippen molar-refractivity contribution >= 4 is 46.3 Å². The molecule has 0 aromatic carbocycles. The average molecular weight is 552 g/mol. The van der Waals surface area contributed by atoms with Crippen LogP contribution in [0, 0.1) is 0 Å². The van der Waals surface area contributed by atoms with E-state index in [1.165, 1.54) is 12.4 Å². The van der Waals surface area contributed by atoms with Gasteiger partial charge in [0.15, 0.2) is 0 Å². The largest absolute Gasteiger partial charge is 0.418 e. The lowest BCUT2D eigenvalue weighted by atomic mass is 10.1. The second-order valence-corrected chi connectivity index (χ2v) is 9.16. The van der Waals surface area contributed by atoms with E-state index in [4.69, 9.17) is 11.6 Å². The van der Waals surface area contributed by atoms with Crippen LogP contribution < -0.4 is 10.6 Å². The van der Waals surface area contributed by atoms with Crippen molar-refractivity contribution < 1.29 is 22.8 Å². The maximum absolute atomic E-state index is 13.1. The van der Waals surface area contributed by atoms with Crippen molar-refractivity contribution in [2.75, 3.05) is 5.32 Å². The highest BCUT2D eigenvalue weighted by Gasteiger charge is 2.34. The number of carbonyl (C=O) groups is 2. The number of hydrogen-bond donors (Lipinski definition) is 2. The van der Waals surface area contributed by atoms with Gasteiger partial charge < -0.3 is 10.6 Å². The lowest BCUT2D eigenvalue weighted by molar-refractivity contribution is -0.137. The summed E-state index contributed by atoms with van der Waals surface area (Å²) in [6.45, 7) is 6.89. The van der Waals surface area contributed by atoms with Crippen molar-refractivity contribution in [3.8, 4) is 0 Å². The van der Waals surface area contributed by atoms with Crippen molar-refractivity contribution in [1.29, 1.82) is 0 Å². The van der Waals surface area contributed by atoms with Crippen LogP contribution >= 0.6 is 22.9 Å². The highest BCUT2D eigenvalue weighted by Crippen LogP contribution is 2.35. The number of carbonyl (C=O) groups excluding carboxylic acids is 2. The molecule has 0 fully saturated rings. The van der Waals surface area contributed by atoms with Crippen molar-refractivity contribution in [2.24, 2.45) is 12.0 Å². The van der Waals surface area contributed by atoms with Crippen molar-refractivity contribution in [2.45, 2.75) is 26.1 Å². The van der Waals surface area contributed by atoms with Crippen LogP contribution in [0.15, 0.2) is 60.3 Å². The fraction of sp³-hybridized carbons (Fsp3) is 0.217. The van der Waals surface area contributed by atoms with Crippen LogP contribution in [0.25, 0.3) is 0 Å². The summed E-state index contributed by atoms with van der Waals surface area (Å²) < 4.78 is 40.8. The van der Waals surface area contributed by atoms with Gasteiger partial charge >= 0.3 is 6.18 Å². The van der Waals surface area contributed by atoms with Crippen LogP contribution in [0.5, 0.6) is 0 Å². The van der Waals surface area contributed by atoms with Gasteiger partial charge in [0, 0.05) is 36.8 Å². The Morgan fingerprint density at radius 2 is 2.00 bits per heavy atom. The minimum atomic E-state index is -4.70. The van der Waals surface area contributed by atoms with E-state index in [0.717, 1.165) is 17.5 Å². The summed E-state index contributed by atoms with van der Waals surface area (Å²) in [5.41, 5.74) is 0.450. The average Bonchev–Trinajstić information content (AvgIpc) is 3.49. The van der Waals surface area contributed by atoms with Gasteiger partial charge in [0.1, 0.15) is 15.7 Å². The molecule has 14 heteroatoms. The first-order valence-corrected chi connectivity index (χ1v) is 11.7. The number of aromatic nitrogens is 4. The van der Waals surface area contributed by atoms with Gasteiger partial charge in [-0.1, -0.05) is 18.2 Å². The second-order valence-electron chi connectivity index (χ2n) is 7.69. The van der Waals surface area contributed by atoms with Gasteiger partial charge in [-0.15, -0.1) is 11.3 Å². The Hall–Kier alpha value is -3.84. The molecule has 0 bridgehead atoms. The number of halogens is 4. The fourth-order valence-electron chi connectivity index (χ4n) is 2.98. The topological polar surface area (TPSA) is 114 Å². The van der Waals surface area contributed by atoms with Gasteiger partial charge in [0.2, 0.25) is 5.91 Å². The molecule has 0 aliphatic rings. The van der Waals surface area contributed by atoms with Crippen molar-refractivity contribution in [3.63, 3.8) is 0 Å². The van der Waals surface area contributed by atoms with E-state index in [1.807, 2.05) is 0 Å². The molecule has 1 atom stereocenters. The zero-order valence-corrected chi connectivity index (χ0v) is 21.4. The summed E-state index contributed by atoms with van der Waals surface area (Å²) >= 11 is 6.53. The van der Waals surface area contributed by atoms with Gasteiger partial charge in [-0.3, -0.25) is 19.3 Å². The third-order valence-corrected chi connectivity index (χ3v) is 6.29. The fourth-order valence-corrected chi connectivity index (χ4v) is 4.01. The maximum Gasteiger partial charge on any atom is 0.418 e. The van der Waals surface area contributed by atoms with Crippen LogP contribution in [0.1, 0.15) is 45.7 Å². The minimum Gasteiger partial charge on any atom is -0.343 e. The smallest absolute Gasteiger partial charge is 0.343 e. The lowest BCUT2D eigenvalue weighted by Gasteiger charge is -2.12. The van der Waals surface area contributed by atoms with E-state index >= 15 is 0 Å². The van der Waals surface area contributed by atoms with Crippen molar-refractivity contribution in [3.05, 3.63) is 81.3 Å². The van der Waals surface area contributed by atoms with Gasteiger partial charge in [-0.2, -0.15) is 18.3 Å².